The zero-order chi connectivity index (χ0) is 13.8. The lowest BCUT2D eigenvalue weighted by molar-refractivity contribution is -0.126. The summed E-state index contributed by atoms with van der Waals surface area (Å²) in [5, 5.41) is 3.11. The van der Waals surface area contributed by atoms with E-state index in [0.717, 1.165) is 32.4 Å². The van der Waals surface area contributed by atoms with Gasteiger partial charge in [-0.25, -0.2) is 0 Å². The molecule has 1 amide bonds. The van der Waals surface area contributed by atoms with Crippen LogP contribution in [-0.2, 0) is 4.79 Å². The summed E-state index contributed by atoms with van der Waals surface area (Å²) in [5.74, 6) is 0.738. The van der Waals surface area contributed by atoms with E-state index < -0.39 is 0 Å². The van der Waals surface area contributed by atoms with Gasteiger partial charge in [0.05, 0.1) is 0 Å². The zero-order valence-corrected chi connectivity index (χ0v) is 12.3. The Morgan fingerprint density at radius 3 is 2.61 bits per heavy atom. The quantitative estimate of drug-likeness (QED) is 0.746. The minimum atomic E-state index is 0.107. The first kappa shape index (κ1) is 15.4. The van der Waals surface area contributed by atoms with Crippen LogP contribution in [0.4, 0.5) is 0 Å². The Morgan fingerprint density at radius 1 is 1.39 bits per heavy atom. The molecule has 0 aromatic heterocycles. The first-order valence-corrected chi connectivity index (χ1v) is 6.98. The highest BCUT2D eigenvalue weighted by Gasteiger charge is 2.32. The number of carbonyl (C=O) groups is 1. The molecule has 1 aliphatic rings. The fourth-order valence-electron chi connectivity index (χ4n) is 3.03. The van der Waals surface area contributed by atoms with E-state index in [0.29, 0.717) is 12.5 Å². The third kappa shape index (κ3) is 4.58. The van der Waals surface area contributed by atoms with Gasteiger partial charge in [-0.3, -0.25) is 4.79 Å². The highest BCUT2D eigenvalue weighted by molar-refractivity contribution is 5.79. The number of hydrogen-bond donors (Lipinski definition) is 2. The standard InChI is InChI=1S/C14H29N3O/c1-14(2,10-17(3)4)9-16-13(18)12-7-5-6-11(12)8-15/h11-12H,5-10,15H2,1-4H3,(H,16,18). The molecular weight excluding hydrogens is 226 g/mol. The molecule has 0 spiro atoms. The van der Waals surface area contributed by atoms with E-state index in [1.165, 1.54) is 0 Å². The van der Waals surface area contributed by atoms with Gasteiger partial charge in [-0.05, 0) is 44.8 Å². The lowest BCUT2D eigenvalue weighted by Gasteiger charge is -2.29. The average molecular weight is 255 g/mol. The van der Waals surface area contributed by atoms with Crippen molar-refractivity contribution in [1.29, 1.82) is 0 Å². The molecule has 106 valence electrons. The number of nitrogens with zero attached hydrogens (tertiary/aromatic N) is 1. The van der Waals surface area contributed by atoms with Crippen LogP contribution in [0.25, 0.3) is 0 Å². The Hall–Kier alpha value is -0.610. The van der Waals surface area contributed by atoms with Gasteiger partial charge in [0.25, 0.3) is 0 Å². The highest BCUT2D eigenvalue weighted by atomic mass is 16.1. The van der Waals surface area contributed by atoms with Crippen molar-refractivity contribution in [3.8, 4) is 0 Å². The number of amides is 1. The molecular formula is C14H29N3O. The van der Waals surface area contributed by atoms with Crippen molar-refractivity contribution in [3.05, 3.63) is 0 Å². The zero-order valence-electron chi connectivity index (χ0n) is 12.3. The normalized spacial score (nSPS) is 24.6. The third-order valence-corrected chi connectivity index (χ3v) is 3.78. The molecule has 4 heteroatoms. The first-order chi connectivity index (χ1) is 8.35. The summed E-state index contributed by atoms with van der Waals surface area (Å²) >= 11 is 0. The maximum absolute atomic E-state index is 12.2. The maximum Gasteiger partial charge on any atom is 0.223 e. The van der Waals surface area contributed by atoms with Crippen LogP contribution in [0.5, 0.6) is 0 Å². The Labute approximate surface area is 111 Å². The molecule has 1 aliphatic carbocycles. The molecule has 2 unspecified atom stereocenters. The van der Waals surface area contributed by atoms with Crippen LogP contribution in [-0.4, -0.2) is 44.5 Å². The van der Waals surface area contributed by atoms with Gasteiger partial charge in [-0.2, -0.15) is 0 Å². The van der Waals surface area contributed by atoms with Gasteiger partial charge in [0.2, 0.25) is 5.91 Å². The average Bonchev–Trinajstić information content (AvgIpc) is 2.72. The lowest BCUT2D eigenvalue weighted by Crippen LogP contribution is -2.43. The van der Waals surface area contributed by atoms with Gasteiger partial charge in [-0.1, -0.05) is 20.3 Å². The van der Waals surface area contributed by atoms with Crippen molar-refractivity contribution in [2.45, 2.75) is 33.1 Å². The van der Waals surface area contributed by atoms with Gasteiger partial charge >= 0.3 is 0 Å². The van der Waals surface area contributed by atoms with Crippen LogP contribution in [0.1, 0.15) is 33.1 Å². The van der Waals surface area contributed by atoms with E-state index in [-0.39, 0.29) is 17.2 Å². The molecule has 18 heavy (non-hydrogen) atoms. The molecule has 4 nitrogen and oxygen atoms in total. The van der Waals surface area contributed by atoms with Gasteiger partial charge in [0.15, 0.2) is 0 Å². The van der Waals surface area contributed by atoms with Gasteiger partial charge in [-0.15, -0.1) is 0 Å². The van der Waals surface area contributed by atoms with Crippen molar-refractivity contribution in [3.63, 3.8) is 0 Å². The first-order valence-electron chi connectivity index (χ1n) is 6.98. The smallest absolute Gasteiger partial charge is 0.223 e. The summed E-state index contributed by atoms with van der Waals surface area (Å²) in [6, 6.07) is 0. The molecule has 2 atom stereocenters. The molecule has 0 saturated heterocycles. The van der Waals surface area contributed by atoms with Crippen LogP contribution in [0, 0.1) is 17.3 Å². The largest absolute Gasteiger partial charge is 0.355 e. The van der Waals surface area contributed by atoms with Crippen LogP contribution >= 0.6 is 0 Å². The van der Waals surface area contributed by atoms with E-state index in [2.05, 4.69) is 38.2 Å². The summed E-state index contributed by atoms with van der Waals surface area (Å²) in [6.07, 6.45) is 3.25. The Balaban J connectivity index is 2.41. The molecule has 1 rings (SSSR count). The lowest BCUT2D eigenvalue weighted by atomic mass is 9.91. The van der Waals surface area contributed by atoms with Crippen LogP contribution in [0.2, 0.25) is 0 Å². The van der Waals surface area contributed by atoms with Crippen molar-refractivity contribution in [1.82, 2.24) is 10.2 Å². The Morgan fingerprint density at radius 2 is 2.06 bits per heavy atom. The molecule has 0 radical (unpaired) electrons. The number of nitrogens with two attached hydrogens (primary N) is 1. The van der Waals surface area contributed by atoms with Crippen LogP contribution in [0.15, 0.2) is 0 Å². The van der Waals surface area contributed by atoms with E-state index in [4.69, 9.17) is 5.73 Å². The molecule has 1 saturated carbocycles. The molecule has 0 aromatic carbocycles. The summed E-state index contributed by atoms with van der Waals surface area (Å²) < 4.78 is 0. The Kier molecular flexibility index (Phi) is 5.60. The second-order valence-corrected chi connectivity index (χ2v) is 6.65. The predicted octanol–water partition coefficient (Wildman–Crippen LogP) is 1.07. The molecule has 3 N–H and O–H groups in total. The van der Waals surface area contributed by atoms with Gasteiger partial charge in [0.1, 0.15) is 0 Å². The van der Waals surface area contributed by atoms with E-state index in [1.807, 2.05) is 0 Å². The third-order valence-electron chi connectivity index (χ3n) is 3.78. The van der Waals surface area contributed by atoms with Gasteiger partial charge < -0.3 is 16.0 Å². The van der Waals surface area contributed by atoms with Gasteiger partial charge in [0, 0.05) is 19.0 Å². The molecule has 0 aliphatic heterocycles. The summed E-state index contributed by atoms with van der Waals surface area (Å²) in [5.41, 5.74) is 5.83. The fourth-order valence-corrected chi connectivity index (χ4v) is 3.03. The number of carbonyl (C=O) groups excluding carboxylic acids is 1. The fraction of sp³-hybridized carbons (Fsp3) is 0.929. The molecule has 0 bridgehead atoms. The van der Waals surface area contributed by atoms with Crippen molar-refractivity contribution in [2.24, 2.45) is 23.0 Å². The molecule has 0 aromatic rings. The number of hydrogen-bond acceptors (Lipinski definition) is 3. The summed E-state index contributed by atoms with van der Waals surface area (Å²) in [7, 11) is 4.12. The minimum absolute atomic E-state index is 0.107. The number of rotatable bonds is 6. The Bertz CT molecular complexity index is 276. The topological polar surface area (TPSA) is 58.4 Å². The van der Waals surface area contributed by atoms with Crippen molar-refractivity contribution < 1.29 is 4.79 Å². The van der Waals surface area contributed by atoms with Crippen molar-refractivity contribution in [2.75, 3.05) is 33.7 Å². The van der Waals surface area contributed by atoms with E-state index in [1.54, 1.807) is 0 Å². The monoisotopic (exact) mass is 255 g/mol. The summed E-state index contributed by atoms with van der Waals surface area (Å²) in [4.78, 5) is 14.3. The predicted molar refractivity (Wildman–Crippen MR) is 75.2 cm³/mol. The van der Waals surface area contributed by atoms with Crippen molar-refractivity contribution >= 4 is 5.91 Å². The van der Waals surface area contributed by atoms with E-state index >= 15 is 0 Å². The highest BCUT2D eigenvalue weighted by Crippen LogP contribution is 2.31. The number of nitrogens with one attached hydrogen (secondary N) is 1. The van der Waals surface area contributed by atoms with Crippen LogP contribution in [0.3, 0.4) is 0 Å². The maximum atomic E-state index is 12.2. The second-order valence-electron chi connectivity index (χ2n) is 6.65. The molecule has 1 fully saturated rings. The molecule has 0 heterocycles. The van der Waals surface area contributed by atoms with Crippen LogP contribution < -0.4 is 11.1 Å². The second kappa shape index (κ2) is 6.53. The minimum Gasteiger partial charge on any atom is -0.355 e. The summed E-state index contributed by atoms with van der Waals surface area (Å²) in [6.45, 7) is 6.71. The van der Waals surface area contributed by atoms with E-state index in [9.17, 15) is 4.79 Å². The SMILES string of the molecule is CN(C)CC(C)(C)CNC(=O)C1CCCC1CN.